The number of para-hydroxylation sites is 1. The van der Waals surface area contributed by atoms with Crippen molar-refractivity contribution in [2.24, 2.45) is 0 Å². The molecule has 2 aromatic carbocycles. The highest BCUT2D eigenvalue weighted by Crippen LogP contribution is 2.27. The lowest BCUT2D eigenvalue weighted by molar-refractivity contribution is 0.181. The largest absolute Gasteiger partial charge is 0.496 e. The molecule has 0 spiro atoms. The zero-order chi connectivity index (χ0) is 15.2. The highest BCUT2D eigenvalue weighted by Gasteiger charge is 2.10. The van der Waals surface area contributed by atoms with Gasteiger partial charge < -0.3 is 14.8 Å². The van der Waals surface area contributed by atoms with Gasteiger partial charge in [0, 0.05) is 24.4 Å². The summed E-state index contributed by atoms with van der Waals surface area (Å²) in [6, 6.07) is 14.8. The molecule has 0 radical (unpaired) electrons. The third-order valence-corrected chi connectivity index (χ3v) is 3.62. The molecule has 0 saturated heterocycles. The monoisotopic (exact) mass is 285 g/mol. The van der Waals surface area contributed by atoms with Gasteiger partial charge >= 0.3 is 0 Å². The molecule has 0 aliphatic carbocycles. The van der Waals surface area contributed by atoms with Crippen molar-refractivity contribution in [1.82, 2.24) is 0 Å². The Hall–Kier alpha value is -2.00. The first-order chi connectivity index (χ1) is 10.2. The van der Waals surface area contributed by atoms with E-state index in [2.05, 4.69) is 49.5 Å². The summed E-state index contributed by atoms with van der Waals surface area (Å²) in [5.74, 6) is 0.865. The van der Waals surface area contributed by atoms with Crippen LogP contribution in [0.3, 0.4) is 0 Å². The second kappa shape index (κ2) is 7.14. The van der Waals surface area contributed by atoms with Crippen molar-refractivity contribution in [1.29, 1.82) is 0 Å². The van der Waals surface area contributed by atoms with E-state index in [1.807, 2.05) is 12.1 Å². The summed E-state index contributed by atoms with van der Waals surface area (Å²) < 4.78 is 10.6. The van der Waals surface area contributed by atoms with Crippen LogP contribution < -0.4 is 10.1 Å². The Morgan fingerprint density at radius 3 is 2.52 bits per heavy atom. The van der Waals surface area contributed by atoms with Crippen molar-refractivity contribution in [3.05, 3.63) is 59.2 Å². The first kappa shape index (κ1) is 15.4. The van der Waals surface area contributed by atoms with Crippen LogP contribution in [0.4, 0.5) is 5.69 Å². The quantitative estimate of drug-likeness (QED) is 0.857. The fourth-order valence-corrected chi connectivity index (χ4v) is 2.39. The van der Waals surface area contributed by atoms with Gasteiger partial charge in [0.15, 0.2) is 0 Å². The molecule has 3 heteroatoms. The van der Waals surface area contributed by atoms with Crippen molar-refractivity contribution in [2.75, 3.05) is 19.5 Å². The maximum absolute atomic E-state index is 5.37. The van der Waals surface area contributed by atoms with Gasteiger partial charge in [-0.15, -0.1) is 0 Å². The van der Waals surface area contributed by atoms with E-state index in [9.17, 15) is 0 Å². The molecule has 1 unspecified atom stereocenters. The normalized spacial score (nSPS) is 12.0. The van der Waals surface area contributed by atoms with Crippen LogP contribution in [0.15, 0.2) is 42.5 Å². The molecule has 2 rings (SSSR count). The number of benzene rings is 2. The molecule has 0 amide bonds. The van der Waals surface area contributed by atoms with E-state index >= 15 is 0 Å². The predicted octanol–water partition coefficient (Wildman–Crippen LogP) is 4.32. The Bertz CT molecular complexity index is 596. The fraction of sp³-hybridized carbons (Fsp3) is 0.333. The van der Waals surface area contributed by atoms with Gasteiger partial charge in [-0.3, -0.25) is 0 Å². The van der Waals surface area contributed by atoms with Crippen LogP contribution in [0.2, 0.25) is 0 Å². The molecular formula is C18H23NO2. The molecule has 0 aliphatic heterocycles. The van der Waals surface area contributed by atoms with Gasteiger partial charge in [0.05, 0.1) is 13.7 Å². The van der Waals surface area contributed by atoms with Crippen LogP contribution in [0.25, 0.3) is 0 Å². The van der Waals surface area contributed by atoms with Crippen molar-refractivity contribution >= 4 is 5.69 Å². The average Bonchev–Trinajstić information content (AvgIpc) is 2.50. The van der Waals surface area contributed by atoms with E-state index in [1.165, 1.54) is 11.1 Å². The summed E-state index contributed by atoms with van der Waals surface area (Å²) >= 11 is 0. The van der Waals surface area contributed by atoms with E-state index in [0.717, 1.165) is 17.0 Å². The molecule has 1 N–H and O–H groups in total. The third-order valence-electron chi connectivity index (χ3n) is 3.62. The summed E-state index contributed by atoms with van der Waals surface area (Å²) in [4.78, 5) is 0. The van der Waals surface area contributed by atoms with Crippen molar-refractivity contribution < 1.29 is 9.47 Å². The molecule has 1 atom stereocenters. The van der Waals surface area contributed by atoms with Gasteiger partial charge in [-0.2, -0.15) is 0 Å². The van der Waals surface area contributed by atoms with Gasteiger partial charge in [0.2, 0.25) is 0 Å². The van der Waals surface area contributed by atoms with E-state index in [1.54, 1.807) is 14.2 Å². The number of anilines is 1. The molecule has 2 aromatic rings. The van der Waals surface area contributed by atoms with Crippen LogP contribution in [-0.4, -0.2) is 14.2 Å². The van der Waals surface area contributed by atoms with E-state index < -0.39 is 0 Å². The Morgan fingerprint density at radius 1 is 1.10 bits per heavy atom. The molecule has 0 saturated carbocycles. The van der Waals surface area contributed by atoms with Gasteiger partial charge in [-0.05, 0) is 43.2 Å². The predicted molar refractivity (Wildman–Crippen MR) is 86.9 cm³/mol. The number of methoxy groups -OCH3 is 2. The highest BCUT2D eigenvalue weighted by atomic mass is 16.5. The summed E-state index contributed by atoms with van der Waals surface area (Å²) in [6.07, 6.45) is 0. The summed E-state index contributed by atoms with van der Waals surface area (Å²) in [7, 11) is 3.38. The first-order valence-corrected chi connectivity index (χ1v) is 7.13. The molecule has 112 valence electrons. The molecule has 0 heterocycles. The maximum Gasteiger partial charge on any atom is 0.124 e. The molecule has 0 aliphatic rings. The van der Waals surface area contributed by atoms with Crippen LogP contribution in [0.1, 0.15) is 29.7 Å². The van der Waals surface area contributed by atoms with Gasteiger partial charge in [-0.1, -0.05) is 24.3 Å². The smallest absolute Gasteiger partial charge is 0.124 e. The molecule has 21 heavy (non-hydrogen) atoms. The number of nitrogens with one attached hydrogen (secondary N) is 1. The van der Waals surface area contributed by atoms with Crippen LogP contribution >= 0.6 is 0 Å². The van der Waals surface area contributed by atoms with Crippen molar-refractivity contribution in [2.45, 2.75) is 26.5 Å². The Morgan fingerprint density at radius 2 is 1.86 bits per heavy atom. The maximum atomic E-state index is 5.37. The lowest BCUT2D eigenvalue weighted by Gasteiger charge is -2.19. The standard InChI is InChI=1S/C18H23NO2/c1-13-7-5-6-8-17(13)19-14(2)15-9-10-18(21-4)16(11-15)12-20-3/h5-11,14,19H,12H2,1-4H3. The molecule has 0 bridgehead atoms. The summed E-state index contributed by atoms with van der Waals surface area (Å²) in [5.41, 5.74) is 4.69. The minimum atomic E-state index is 0.215. The molecular weight excluding hydrogens is 262 g/mol. The zero-order valence-corrected chi connectivity index (χ0v) is 13.1. The van der Waals surface area contributed by atoms with E-state index in [0.29, 0.717) is 6.61 Å². The Kier molecular flexibility index (Phi) is 5.23. The topological polar surface area (TPSA) is 30.5 Å². The van der Waals surface area contributed by atoms with Gasteiger partial charge in [-0.25, -0.2) is 0 Å². The summed E-state index contributed by atoms with van der Waals surface area (Å²) in [5, 5.41) is 3.55. The number of hydrogen-bond acceptors (Lipinski definition) is 3. The molecule has 0 aromatic heterocycles. The Balaban J connectivity index is 2.21. The van der Waals surface area contributed by atoms with Crippen LogP contribution in [0, 0.1) is 6.92 Å². The lowest BCUT2D eigenvalue weighted by atomic mass is 10.0. The second-order valence-corrected chi connectivity index (χ2v) is 5.19. The van der Waals surface area contributed by atoms with Gasteiger partial charge in [0.1, 0.15) is 5.75 Å². The van der Waals surface area contributed by atoms with E-state index in [4.69, 9.17) is 9.47 Å². The molecule has 3 nitrogen and oxygen atoms in total. The minimum Gasteiger partial charge on any atom is -0.496 e. The lowest BCUT2D eigenvalue weighted by Crippen LogP contribution is -2.08. The number of aryl methyl sites for hydroxylation is 1. The minimum absolute atomic E-state index is 0.215. The first-order valence-electron chi connectivity index (χ1n) is 7.13. The van der Waals surface area contributed by atoms with Crippen LogP contribution in [-0.2, 0) is 11.3 Å². The van der Waals surface area contributed by atoms with Crippen molar-refractivity contribution in [3.63, 3.8) is 0 Å². The van der Waals surface area contributed by atoms with Crippen molar-refractivity contribution in [3.8, 4) is 5.75 Å². The van der Waals surface area contributed by atoms with E-state index in [-0.39, 0.29) is 6.04 Å². The number of ether oxygens (including phenoxy) is 2. The zero-order valence-electron chi connectivity index (χ0n) is 13.1. The number of hydrogen-bond donors (Lipinski definition) is 1. The number of rotatable bonds is 6. The third kappa shape index (κ3) is 3.76. The second-order valence-electron chi connectivity index (χ2n) is 5.19. The fourth-order valence-electron chi connectivity index (χ4n) is 2.39. The Labute approximate surface area is 126 Å². The molecule has 0 fully saturated rings. The highest BCUT2D eigenvalue weighted by molar-refractivity contribution is 5.52. The van der Waals surface area contributed by atoms with Crippen LogP contribution in [0.5, 0.6) is 5.75 Å². The SMILES string of the molecule is COCc1cc(C(C)Nc2ccccc2C)ccc1OC. The average molecular weight is 285 g/mol. The van der Waals surface area contributed by atoms with Gasteiger partial charge in [0.25, 0.3) is 0 Å². The summed E-state index contributed by atoms with van der Waals surface area (Å²) in [6.45, 7) is 4.82.